The zero-order valence-corrected chi connectivity index (χ0v) is 15.7. The maximum absolute atomic E-state index is 12.2. The van der Waals surface area contributed by atoms with E-state index in [9.17, 15) is 14.9 Å². The third-order valence-corrected chi connectivity index (χ3v) is 4.78. The predicted molar refractivity (Wildman–Crippen MR) is 109 cm³/mol. The minimum absolute atomic E-state index is 0.0444. The molecule has 1 amide bonds. The van der Waals surface area contributed by atoms with E-state index in [1.54, 1.807) is 36.4 Å². The Labute approximate surface area is 166 Å². The smallest absolute Gasteiger partial charge is 0.269 e. The molecule has 0 aliphatic carbocycles. The quantitative estimate of drug-likeness (QED) is 0.260. The molecule has 3 aromatic rings. The predicted octanol–water partition coefficient (Wildman–Crippen LogP) is 4.65. The lowest BCUT2D eigenvalue weighted by molar-refractivity contribution is -0.384. The van der Waals surface area contributed by atoms with Crippen molar-refractivity contribution in [2.24, 2.45) is 0 Å². The van der Waals surface area contributed by atoms with Gasteiger partial charge in [0.2, 0.25) is 0 Å². The molecule has 0 bridgehead atoms. The fourth-order valence-electron chi connectivity index (χ4n) is 2.39. The molecule has 0 saturated heterocycles. The summed E-state index contributed by atoms with van der Waals surface area (Å²) in [6, 6.07) is 23.0. The summed E-state index contributed by atoms with van der Waals surface area (Å²) in [5.41, 5.74) is 1.66. The van der Waals surface area contributed by atoms with Crippen LogP contribution in [0.25, 0.3) is 0 Å². The van der Waals surface area contributed by atoms with Gasteiger partial charge in [0.1, 0.15) is 12.4 Å². The molecule has 3 rings (SSSR count). The highest BCUT2D eigenvalue weighted by Gasteiger charge is 2.07. The number of non-ortho nitro benzene ring substituents is 1. The van der Waals surface area contributed by atoms with Gasteiger partial charge in [0.05, 0.1) is 10.8 Å². The molecule has 1 N–H and O–H groups in total. The van der Waals surface area contributed by atoms with E-state index < -0.39 is 4.92 Å². The fraction of sp³-hybridized carbons (Fsp3) is 0.0952. The molecule has 0 aliphatic heterocycles. The highest BCUT2D eigenvalue weighted by Crippen LogP contribution is 2.20. The molecule has 0 radical (unpaired) electrons. The number of nitro benzene ring substituents is 1. The Balaban J connectivity index is 1.45. The largest absolute Gasteiger partial charge is 0.489 e. The Morgan fingerprint density at radius 2 is 1.64 bits per heavy atom. The molecule has 28 heavy (non-hydrogen) atoms. The van der Waals surface area contributed by atoms with E-state index in [2.05, 4.69) is 5.32 Å². The van der Waals surface area contributed by atoms with E-state index in [1.165, 1.54) is 23.9 Å². The van der Waals surface area contributed by atoms with Crippen LogP contribution in [0.1, 0.15) is 15.9 Å². The van der Waals surface area contributed by atoms with Gasteiger partial charge in [-0.3, -0.25) is 14.9 Å². The van der Waals surface area contributed by atoms with Crippen LogP contribution >= 0.6 is 11.8 Å². The average Bonchev–Trinajstić information content (AvgIpc) is 2.73. The van der Waals surface area contributed by atoms with Gasteiger partial charge in [-0.2, -0.15) is 0 Å². The van der Waals surface area contributed by atoms with Crippen LogP contribution in [-0.4, -0.2) is 16.7 Å². The highest BCUT2D eigenvalue weighted by molar-refractivity contribution is 7.99. The van der Waals surface area contributed by atoms with Gasteiger partial charge in [-0.25, -0.2) is 0 Å². The van der Waals surface area contributed by atoms with Crippen LogP contribution in [0.3, 0.4) is 0 Å². The lowest BCUT2D eigenvalue weighted by atomic mass is 10.2. The van der Waals surface area contributed by atoms with Crippen LogP contribution in [0, 0.1) is 10.1 Å². The minimum Gasteiger partial charge on any atom is -0.489 e. The Kier molecular flexibility index (Phi) is 6.64. The maximum atomic E-state index is 12.2. The first-order valence-electron chi connectivity index (χ1n) is 8.54. The third-order valence-electron chi connectivity index (χ3n) is 3.88. The summed E-state index contributed by atoms with van der Waals surface area (Å²) < 4.78 is 5.71. The lowest BCUT2D eigenvalue weighted by Gasteiger charge is -2.08. The summed E-state index contributed by atoms with van der Waals surface area (Å²) in [6.45, 7) is 0.470. The molecule has 0 saturated carbocycles. The molecule has 0 fully saturated rings. The fourth-order valence-corrected chi connectivity index (χ4v) is 3.09. The Morgan fingerprint density at radius 1 is 0.964 bits per heavy atom. The summed E-state index contributed by atoms with van der Waals surface area (Å²) in [5, 5.41) is 13.5. The molecular formula is C21H18N2O4S. The normalized spacial score (nSPS) is 10.3. The molecule has 0 aromatic heterocycles. The Morgan fingerprint density at radius 3 is 2.29 bits per heavy atom. The van der Waals surface area contributed by atoms with Crippen molar-refractivity contribution in [1.82, 2.24) is 5.32 Å². The van der Waals surface area contributed by atoms with E-state index in [-0.39, 0.29) is 11.6 Å². The molecule has 0 atom stereocenters. The van der Waals surface area contributed by atoms with Crippen molar-refractivity contribution in [1.29, 1.82) is 0 Å². The summed E-state index contributed by atoms with van der Waals surface area (Å²) in [7, 11) is 0. The number of thioether (sulfide) groups is 1. The molecule has 0 aliphatic rings. The van der Waals surface area contributed by atoms with Crippen molar-refractivity contribution in [3.63, 3.8) is 0 Å². The highest BCUT2D eigenvalue weighted by atomic mass is 32.2. The van der Waals surface area contributed by atoms with Gasteiger partial charge in [-0.05, 0) is 42.0 Å². The van der Waals surface area contributed by atoms with Crippen molar-refractivity contribution in [2.75, 3.05) is 5.88 Å². The molecule has 0 spiro atoms. The molecular weight excluding hydrogens is 376 g/mol. The second-order valence-corrected chi connectivity index (χ2v) is 6.89. The zero-order chi connectivity index (χ0) is 19.8. The second kappa shape index (κ2) is 9.57. The van der Waals surface area contributed by atoms with Gasteiger partial charge in [0.25, 0.3) is 11.6 Å². The zero-order valence-electron chi connectivity index (χ0n) is 14.9. The van der Waals surface area contributed by atoms with Crippen molar-refractivity contribution in [2.45, 2.75) is 11.5 Å². The van der Waals surface area contributed by atoms with Gasteiger partial charge in [0, 0.05) is 22.6 Å². The first-order chi connectivity index (χ1) is 13.6. The third kappa shape index (κ3) is 5.59. The second-order valence-electron chi connectivity index (χ2n) is 5.84. The SMILES string of the molecule is O=C(NCSc1ccc([N+](=O)[O-])cc1)c1ccc(OCc2ccccc2)cc1. The number of nitro groups is 1. The number of amides is 1. The minimum atomic E-state index is -0.441. The van der Waals surface area contributed by atoms with Gasteiger partial charge in [0.15, 0.2) is 0 Å². The number of rotatable bonds is 8. The van der Waals surface area contributed by atoms with Crippen LogP contribution < -0.4 is 10.1 Å². The van der Waals surface area contributed by atoms with Crippen LogP contribution in [-0.2, 0) is 6.61 Å². The number of nitrogens with zero attached hydrogens (tertiary/aromatic N) is 1. The maximum Gasteiger partial charge on any atom is 0.269 e. The van der Waals surface area contributed by atoms with Crippen LogP contribution in [0.4, 0.5) is 5.69 Å². The summed E-state index contributed by atoms with van der Waals surface area (Å²) in [5.74, 6) is 0.868. The Bertz CT molecular complexity index is 929. The molecule has 3 aromatic carbocycles. The van der Waals surface area contributed by atoms with Gasteiger partial charge < -0.3 is 10.1 Å². The molecule has 0 unspecified atom stereocenters. The number of carbonyl (C=O) groups is 1. The first-order valence-corrected chi connectivity index (χ1v) is 9.52. The van der Waals surface area contributed by atoms with Gasteiger partial charge >= 0.3 is 0 Å². The van der Waals surface area contributed by atoms with E-state index in [1.807, 2.05) is 30.3 Å². The van der Waals surface area contributed by atoms with Crippen molar-refractivity contribution in [3.8, 4) is 5.75 Å². The number of hydrogen-bond acceptors (Lipinski definition) is 5. The summed E-state index contributed by atoms with van der Waals surface area (Å²) >= 11 is 1.39. The molecule has 142 valence electrons. The Hall–Kier alpha value is -3.32. The number of ether oxygens (including phenoxy) is 1. The lowest BCUT2D eigenvalue weighted by Crippen LogP contribution is -2.22. The van der Waals surface area contributed by atoms with Crippen molar-refractivity contribution in [3.05, 3.63) is 100 Å². The number of carbonyl (C=O) groups excluding carboxylic acids is 1. The van der Waals surface area contributed by atoms with E-state index in [4.69, 9.17) is 4.74 Å². The van der Waals surface area contributed by atoms with Gasteiger partial charge in [-0.15, -0.1) is 11.8 Å². The number of hydrogen-bond donors (Lipinski definition) is 1. The average molecular weight is 394 g/mol. The molecule has 0 heterocycles. The van der Waals surface area contributed by atoms with Crippen LogP contribution in [0.15, 0.2) is 83.8 Å². The monoisotopic (exact) mass is 394 g/mol. The van der Waals surface area contributed by atoms with E-state index in [0.717, 1.165) is 10.5 Å². The van der Waals surface area contributed by atoms with Crippen LogP contribution in [0.2, 0.25) is 0 Å². The van der Waals surface area contributed by atoms with Crippen molar-refractivity contribution >= 4 is 23.4 Å². The number of nitrogens with one attached hydrogen (secondary N) is 1. The van der Waals surface area contributed by atoms with Crippen molar-refractivity contribution < 1.29 is 14.5 Å². The van der Waals surface area contributed by atoms with E-state index >= 15 is 0 Å². The molecule has 7 heteroatoms. The van der Waals surface area contributed by atoms with E-state index in [0.29, 0.717) is 23.8 Å². The standard InChI is InChI=1S/C21H18N2O4S/c24-21(22-15-28-20-12-8-18(9-13-20)23(25)26)17-6-10-19(11-7-17)27-14-16-4-2-1-3-5-16/h1-13H,14-15H2,(H,22,24). The van der Waals surface area contributed by atoms with Crippen LogP contribution in [0.5, 0.6) is 5.75 Å². The summed E-state index contributed by atoms with van der Waals surface area (Å²) in [6.07, 6.45) is 0. The summed E-state index contributed by atoms with van der Waals surface area (Å²) in [4.78, 5) is 23.3. The first kappa shape index (κ1) is 19.4. The van der Waals surface area contributed by atoms with Gasteiger partial charge in [-0.1, -0.05) is 30.3 Å². The number of benzene rings is 3. The topological polar surface area (TPSA) is 81.5 Å². The molecule has 6 nitrogen and oxygen atoms in total.